The Balaban J connectivity index is 4.47. The third kappa shape index (κ3) is 51.1. The molecule has 0 saturated heterocycles. The molecule has 6 heteroatoms. The number of hydrogen-bond donors (Lipinski definition) is 0. The Morgan fingerprint density at radius 1 is 0.318 bits per heavy atom. The van der Waals surface area contributed by atoms with Gasteiger partial charge in [-0.15, -0.1) is 0 Å². The molecule has 0 N–H and O–H groups in total. The lowest BCUT2D eigenvalue weighted by Crippen LogP contribution is -2.30. The first-order valence-electron chi connectivity index (χ1n) is 27.0. The SMILES string of the molecule is CC\C=C/C=C\C=C/C=C\CCCCCCCC(=O)OCC(COC(=O)CCCCCCC/C=C\CCCCCCCCCCC)OC(=O)CCCCCCC\C=C/C=C\C=C/C=C\CC. The zero-order chi connectivity index (χ0) is 47.9. The maximum absolute atomic E-state index is 12.8. The fourth-order valence-electron chi connectivity index (χ4n) is 7.16. The number of rotatable bonds is 47. The van der Waals surface area contributed by atoms with Gasteiger partial charge < -0.3 is 14.2 Å². The second kappa shape index (κ2) is 53.7. The molecule has 0 aromatic rings. The molecular formula is C60H98O6. The van der Waals surface area contributed by atoms with Gasteiger partial charge in [-0.05, 0) is 83.5 Å². The van der Waals surface area contributed by atoms with Crippen LogP contribution in [-0.2, 0) is 28.6 Å². The summed E-state index contributed by atoms with van der Waals surface area (Å²) in [6, 6.07) is 0. The lowest BCUT2D eigenvalue weighted by molar-refractivity contribution is -0.167. The van der Waals surface area contributed by atoms with Crippen LogP contribution in [0.15, 0.2) is 109 Å². The molecule has 0 spiro atoms. The molecule has 0 fully saturated rings. The minimum atomic E-state index is -0.806. The van der Waals surface area contributed by atoms with Crippen molar-refractivity contribution in [3.8, 4) is 0 Å². The molecule has 1 atom stereocenters. The van der Waals surface area contributed by atoms with E-state index < -0.39 is 6.10 Å². The monoisotopic (exact) mass is 915 g/mol. The zero-order valence-corrected chi connectivity index (χ0v) is 42.7. The van der Waals surface area contributed by atoms with Crippen molar-refractivity contribution in [2.45, 2.75) is 239 Å². The van der Waals surface area contributed by atoms with Gasteiger partial charge in [-0.3, -0.25) is 14.4 Å². The van der Waals surface area contributed by atoms with E-state index in [1.807, 2.05) is 42.5 Å². The first-order valence-corrected chi connectivity index (χ1v) is 27.0. The van der Waals surface area contributed by atoms with Crippen LogP contribution in [0.5, 0.6) is 0 Å². The smallest absolute Gasteiger partial charge is 0.306 e. The fourth-order valence-corrected chi connectivity index (χ4v) is 7.16. The molecule has 0 radical (unpaired) electrons. The average molecular weight is 915 g/mol. The van der Waals surface area contributed by atoms with Crippen molar-refractivity contribution < 1.29 is 28.6 Å². The third-order valence-electron chi connectivity index (χ3n) is 11.2. The lowest BCUT2D eigenvalue weighted by atomic mass is 10.1. The molecule has 0 aliphatic heterocycles. The quantitative estimate of drug-likeness (QED) is 0.0199. The number of carbonyl (C=O) groups is 3. The van der Waals surface area contributed by atoms with Crippen LogP contribution < -0.4 is 0 Å². The van der Waals surface area contributed by atoms with E-state index in [1.165, 1.54) is 70.6 Å². The predicted octanol–water partition coefficient (Wildman–Crippen LogP) is 17.9. The normalized spacial score (nSPS) is 13.0. The minimum absolute atomic E-state index is 0.102. The highest BCUT2D eigenvalue weighted by atomic mass is 16.6. The molecule has 0 aromatic heterocycles. The highest BCUT2D eigenvalue weighted by molar-refractivity contribution is 5.71. The van der Waals surface area contributed by atoms with Crippen molar-refractivity contribution in [1.29, 1.82) is 0 Å². The highest BCUT2D eigenvalue weighted by Gasteiger charge is 2.19. The van der Waals surface area contributed by atoms with E-state index in [4.69, 9.17) is 14.2 Å². The van der Waals surface area contributed by atoms with Gasteiger partial charge in [-0.2, -0.15) is 0 Å². The van der Waals surface area contributed by atoms with Crippen LogP contribution in [0.3, 0.4) is 0 Å². The van der Waals surface area contributed by atoms with Gasteiger partial charge in [0.25, 0.3) is 0 Å². The Hall–Kier alpha value is -3.93. The van der Waals surface area contributed by atoms with Crippen LogP contribution >= 0.6 is 0 Å². The Kier molecular flexibility index (Phi) is 50.5. The van der Waals surface area contributed by atoms with Crippen LogP contribution in [0.4, 0.5) is 0 Å². The molecule has 0 aliphatic carbocycles. The maximum Gasteiger partial charge on any atom is 0.306 e. The molecule has 66 heavy (non-hydrogen) atoms. The number of esters is 3. The standard InChI is InChI=1S/C60H98O6/c1-4-7-10-13-16-19-22-25-28-29-30-33-35-38-41-44-47-50-53-59(62)65-56-57(66-60(63)54-51-48-45-42-39-36-32-27-24-21-18-15-12-9-6-3)55-64-58(61)52-49-46-43-40-37-34-31-26-23-20-17-14-11-8-5-2/h8-9,11-12,14-15,17-18,20-21,23-24,26-27,30-33,57H,4-7,10,13,16,19,22,25,28-29,34-56H2,1-3H3/b11-8-,12-9-,17-14-,18-15-,23-20-,24-21-,31-26-,32-27-,33-30-. The van der Waals surface area contributed by atoms with E-state index in [9.17, 15) is 14.4 Å². The molecule has 0 amide bonds. The topological polar surface area (TPSA) is 78.9 Å². The summed E-state index contributed by atoms with van der Waals surface area (Å²) >= 11 is 0. The number of ether oxygens (including phenoxy) is 3. The summed E-state index contributed by atoms with van der Waals surface area (Å²) < 4.78 is 16.8. The Bertz CT molecular complexity index is 1370. The van der Waals surface area contributed by atoms with Gasteiger partial charge in [0.15, 0.2) is 6.10 Å². The van der Waals surface area contributed by atoms with Crippen molar-refractivity contribution in [3.05, 3.63) is 109 Å². The number of unbranched alkanes of at least 4 members (excludes halogenated alkanes) is 24. The van der Waals surface area contributed by atoms with Crippen molar-refractivity contribution in [2.75, 3.05) is 13.2 Å². The molecule has 0 heterocycles. The van der Waals surface area contributed by atoms with Gasteiger partial charge >= 0.3 is 17.9 Å². The lowest BCUT2D eigenvalue weighted by Gasteiger charge is -2.18. The van der Waals surface area contributed by atoms with Crippen LogP contribution in [-0.4, -0.2) is 37.2 Å². The molecule has 374 valence electrons. The minimum Gasteiger partial charge on any atom is -0.462 e. The highest BCUT2D eigenvalue weighted by Crippen LogP contribution is 2.14. The van der Waals surface area contributed by atoms with Crippen LogP contribution in [0, 0.1) is 0 Å². The van der Waals surface area contributed by atoms with Crippen LogP contribution in [0.1, 0.15) is 233 Å². The fraction of sp³-hybridized carbons (Fsp3) is 0.650. The molecule has 0 saturated carbocycles. The largest absolute Gasteiger partial charge is 0.462 e. The Morgan fingerprint density at radius 2 is 0.606 bits per heavy atom. The molecule has 0 aliphatic rings. The molecule has 0 aromatic carbocycles. The van der Waals surface area contributed by atoms with Crippen LogP contribution in [0.25, 0.3) is 0 Å². The molecule has 6 nitrogen and oxygen atoms in total. The first kappa shape index (κ1) is 62.1. The summed E-state index contributed by atoms with van der Waals surface area (Å²) in [5.74, 6) is -0.959. The van der Waals surface area contributed by atoms with E-state index in [0.29, 0.717) is 19.3 Å². The Labute approximate surface area is 406 Å². The first-order chi connectivity index (χ1) is 32.5. The second-order valence-electron chi connectivity index (χ2n) is 17.6. The summed E-state index contributed by atoms with van der Waals surface area (Å²) in [5.41, 5.74) is 0. The van der Waals surface area contributed by atoms with Gasteiger partial charge in [0.05, 0.1) is 0 Å². The summed E-state index contributed by atoms with van der Waals surface area (Å²) in [4.78, 5) is 38.1. The average Bonchev–Trinajstić information content (AvgIpc) is 3.31. The van der Waals surface area contributed by atoms with E-state index in [2.05, 4.69) is 87.6 Å². The second-order valence-corrected chi connectivity index (χ2v) is 17.6. The number of carbonyl (C=O) groups excluding carboxylic acids is 3. The van der Waals surface area contributed by atoms with Crippen LogP contribution in [0.2, 0.25) is 0 Å². The number of allylic oxidation sites excluding steroid dienone is 18. The predicted molar refractivity (Wildman–Crippen MR) is 283 cm³/mol. The van der Waals surface area contributed by atoms with E-state index >= 15 is 0 Å². The third-order valence-corrected chi connectivity index (χ3v) is 11.2. The van der Waals surface area contributed by atoms with Gasteiger partial charge in [0.2, 0.25) is 0 Å². The van der Waals surface area contributed by atoms with Crippen molar-refractivity contribution in [3.63, 3.8) is 0 Å². The van der Waals surface area contributed by atoms with E-state index in [1.54, 1.807) is 0 Å². The molecule has 0 rings (SSSR count). The van der Waals surface area contributed by atoms with E-state index in [0.717, 1.165) is 122 Å². The maximum atomic E-state index is 12.8. The zero-order valence-electron chi connectivity index (χ0n) is 42.7. The number of hydrogen-bond acceptors (Lipinski definition) is 6. The van der Waals surface area contributed by atoms with E-state index in [-0.39, 0.29) is 31.1 Å². The summed E-state index contributed by atoms with van der Waals surface area (Å²) in [6.45, 7) is 6.31. The van der Waals surface area contributed by atoms with Gasteiger partial charge in [0.1, 0.15) is 13.2 Å². The molecule has 0 bridgehead atoms. The Morgan fingerprint density at radius 3 is 0.970 bits per heavy atom. The summed E-state index contributed by atoms with van der Waals surface area (Å²) in [7, 11) is 0. The molecular weight excluding hydrogens is 817 g/mol. The van der Waals surface area contributed by atoms with Gasteiger partial charge in [-0.1, -0.05) is 239 Å². The summed E-state index contributed by atoms with van der Waals surface area (Å²) in [6.07, 6.45) is 72.1. The van der Waals surface area contributed by atoms with Crippen molar-refractivity contribution in [2.24, 2.45) is 0 Å². The van der Waals surface area contributed by atoms with Gasteiger partial charge in [-0.25, -0.2) is 0 Å². The summed E-state index contributed by atoms with van der Waals surface area (Å²) in [5, 5.41) is 0. The van der Waals surface area contributed by atoms with Crippen molar-refractivity contribution >= 4 is 17.9 Å². The van der Waals surface area contributed by atoms with Gasteiger partial charge in [0, 0.05) is 19.3 Å². The van der Waals surface area contributed by atoms with Crippen molar-refractivity contribution in [1.82, 2.24) is 0 Å². The molecule has 1 unspecified atom stereocenters.